The van der Waals surface area contributed by atoms with Crippen LogP contribution in [0.3, 0.4) is 0 Å². The van der Waals surface area contributed by atoms with Crippen molar-refractivity contribution in [1.29, 1.82) is 0 Å². The van der Waals surface area contributed by atoms with E-state index in [2.05, 4.69) is 45.3 Å². The summed E-state index contributed by atoms with van der Waals surface area (Å²) in [7, 11) is 0. The molecule has 0 radical (unpaired) electrons. The Balaban J connectivity index is 1.54. The monoisotopic (exact) mass is 504 g/mol. The number of rotatable bonds is 8. The number of fused-ring (bicyclic) bond motifs is 1. The Morgan fingerprint density at radius 2 is 1.86 bits per heavy atom. The van der Waals surface area contributed by atoms with Gasteiger partial charge in [0.15, 0.2) is 5.82 Å². The summed E-state index contributed by atoms with van der Waals surface area (Å²) in [6, 6.07) is 16.2. The highest BCUT2D eigenvalue weighted by molar-refractivity contribution is 6.31. The van der Waals surface area contributed by atoms with Gasteiger partial charge in [0.1, 0.15) is 0 Å². The van der Waals surface area contributed by atoms with Crippen LogP contribution in [0.1, 0.15) is 80.0 Å². The third-order valence-corrected chi connectivity index (χ3v) is 7.71. The Hall–Kier alpha value is -3.03. The first kappa shape index (κ1) is 24.7. The van der Waals surface area contributed by atoms with E-state index in [0.717, 1.165) is 52.7 Å². The van der Waals surface area contributed by atoms with E-state index in [1.807, 2.05) is 47.1 Å². The molecular weight excluding hydrogens is 472 g/mol. The predicted octanol–water partition coefficient (Wildman–Crippen LogP) is 6.14. The molecule has 1 aliphatic rings. The lowest BCUT2D eigenvalue weighted by atomic mass is 9.95. The minimum absolute atomic E-state index is 0.0641. The van der Waals surface area contributed by atoms with Crippen molar-refractivity contribution in [2.75, 3.05) is 0 Å². The molecule has 1 fully saturated rings. The number of aromatic amines is 1. The van der Waals surface area contributed by atoms with Gasteiger partial charge in [-0.15, -0.1) is 5.10 Å². The van der Waals surface area contributed by atoms with Crippen molar-refractivity contribution in [3.63, 3.8) is 0 Å². The summed E-state index contributed by atoms with van der Waals surface area (Å²) in [4.78, 5) is 18.5. The fourth-order valence-electron chi connectivity index (χ4n) is 5.44. The highest BCUT2D eigenvalue weighted by Gasteiger charge is 2.29. The number of H-pyrrole nitrogens is 1. The van der Waals surface area contributed by atoms with Gasteiger partial charge in [-0.3, -0.25) is 9.69 Å². The number of hydrogen-bond donors (Lipinski definition) is 1. The van der Waals surface area contributed by atoms with Crippen LogP contribution in [0.15, 0.2) is 53.3 Å². The number of tetrazole rings is 1. The van der Waals surface area contributed by atoms with Gasteiger partial charge in [0.2, 0.25) is 0 Å². The summed E-state index contributed by atoms with van der Waals surface area (Å²) in [5.41, 5.74) is 3.67. The van der Waals surface area contributed by atoms with Crippen LogP contribution >= 0.6 is 11.6 Å². The zero-order valence-electron chi connectivity index (χ0n) is 21.0. The second kappa shape index (κ2) is 10.9. The molecular formula is C28H33ClN6O. The van der Waals surface area contributed by atoms with Gasteiger partial charge < -0.3 is 4.98 Å². The Labute approximate surface area is 216 Å². The number of benzene rings is 2. The van der Waals surface area contributed by atoms with E-state index in [9.17, 15) is 4.79 Å². The maximum absolute atomic E-state index is 13.1. The van der Waals surface area contributed by atoms with E-state index in [-0.39, 0.29) is 11.6 Å². The number of aromatic nitrogens is 5. The molecule has 0 unspecified atom stereocenters. The van der Waals surface area contributed by atoms with E-state index in [1.54, 1.807) is 0 Å². The van der Waals surface area contributed by atoms with Crippen molar-refractivity contribution in [1.82, 2.24) is 30.1 Å². The van der Waals surface area contributed by atoms with Gasteiger partial charge in [0.05, 0.1) is 12.1 Å². The van der Waals surface area contributed by atoms with Crippen LogP contribution in [0.5, 0.6) is 0 Å². The number of pyridine rings is 1. The Kier molecular flexibility index (Phi) is 7.48. The van der Waals surface area contributed by atoms with Crippen molar-refractivity contribution in [3.05, 3.63) is 86.4 Å². The predicted molar refractivity (Wildman–Crippen MR) is 143 cm³/mol. The lowest BCUT2D eigenvalue weighted by Gasteiger charge is -2.32. The molecule has 5 rings (SSSR count). The molecule has 0 amide bonds. The summed E-state index contributed by atoms with van der Waals surface area (Å²) < 4.78 is 2.04. The van der Waals surface area contributed by atoms with Gasteiger partial charge >= 0.3 is 0 Å². The van der Waals surface area contributed by atoms with Crippen LogP contribution in [-0.4, -0.2) is 30.1 Å². The highest BCUT2D eigenvalue weighted by Crippen LogP contribution is 2.33. The standard InChI is InChI=1S/C28H33ClN6O/c1-3-26(27-31-32-33-35(27)23-10-5-4-6-11-23)34(17-20-9-7-8-12-24(20)29)18-22-16-21-15-19(2)13-14-25(21)30-28(22)36/h7-9,12-16,23,26H,3-6,10-11,17-18H2,1-2H3,(H,30,36)/t26-/m1/s1. The highest BCUT2D eigenvalue weighted by atomic mass is 35.5. The van der Waals surface area contributed by atoms with Crippen LogP contribution in [-0.2, 0) is 13.1 Å². The van der Waals surface area contributed by atoms with Crippen molar-refractivity contribution in [3.8, 4) is 0 Å². The zero-order valence-corrected chi connectivity index (χ0v) is 21.7. The van der Waals surface area contributed by atoms with Gasteiger partial charge in [0, 0.05) is 29.2 Å². The second-order valence-electron chi connectivity index (χ2n) is 9.91. The summed E-state index contributed by atoms with van der Waals surface area (Å²) in [5.74, 6) is 0.865. The fraction of sp³-hybridized carbons (Fsp3) is 0.429. The third-order valence-electron chi connectivity index (χ3n) is 7.35. The third kappa shape index (κ3) is 5.22. The molecule has 1 N–H and O–H groups in total. The molecule has 0 bridgehead atoms. The van der Waals surface area contributed by atoms with Gasteiger partial charge in [0.25, 0.3) is 5.56 Å². The maximum Gasteiger partial charge on any atom is 0.252 e. The minimum atomic E-state index is -0.0720. The SMILES string of the molecule is CC[C@H](c1nnnn1C1CCCCC1)N(Cc1ccccc1Cl)Cc1cc2cc(C)ccc2[nH]c1=O. The van der Waals surface area contributed by atoms with Crippen LogP contribution < -0.4 is 5.56 Å². The molecule has 7 nitrogen and oxygen atoms in total. The normalized spacial score (nSPS) is 15.6. The number of hydrogen-bond acceptors (Lipinski definition) is 5. The summed E-state index contributed by atoms with van der Waals surface area (Å²) in [6.45, 7) is 5.26. The molecule has 8 heteroatoms. The van der Waals surface area contributed by atoms with E-state index < -0.39 is 0 Å². The molecule has 36 heavy (non-hydrogen) atoms. The Morgan fingerprint density at radius 3 is 2.64 bits per heavy atom. The molecule has 188 valence electrons. The number of halogens is 1. The van der Waals surface area contributed by atoms with Gasteiger partial charge in [-0.2, -0.15) is 0 Å². The van der Waals surface area contributed by atoms with Gasteiger partial charge in [-0.1, -0.05) is 67.6 Å². The largest absolute Gasteiger partial charge is 0.322 e. The van der Waals surface area contributed by atoms with Crippen molar-refractivity contribution < 1.29 is 0 Å². The molecule has 1 aliphatic carbocycles. The van der Waals surface area contributed by atoms with Crippen LogP contribution in [0.2, 0.25) is 5.02 Å². The number of nitrogens with zero attached hydrogens (tertiary/aromatic N) is 5. The lowest BCUT2D eigenvalue weighted by Crippen LogP contribution is -2.33. The molecule has 0 aliphatic heterocycles. The first-order valence-electron chi connectivity index (χ1n) is 12.9. The van der Waals surface area contributed by atoms with E-state index in [1.165, 1.54) is 19.3 Å². The van der Waals surface area contributed by atoms with Crippen molar-refractivity contribution >= 4 is 22.5 Å². The maximum atomic E-state index is 13.1. The Morgan fingerprint density at radius 1 is 1.08 bits per heavy atom. The minimum Gasteiger partial charge on any atom is -0.322 e. The molecule has 2 aromatic carbocycles. The quantitative estimate of drug-likeness (QED) is 0.312. The summed E-state index contributed by atoms with van der Waals surface area (Å²) >= 11 is 6.58. The molecule has 0 saturated heterocycles. The molecule has 1 saturated carbocycles. The average molecular weight is 505 g/mol. The average Bonchev–Trinajstić information content (AvgIpc) is 3.36. The van der Waals surface area contributed by atoms with Crippen LogP contribution in [0, 0.1) is 6.92 Å². The van der Waals surface area contributed by atoms with E-state index >= 15 is 0 Å². The first-order chi connectivity index (χ1) is 17.5. The zero-order chi connectivity index (χ0) is 25.1. The number of nitrogens with one attached hydrogen (secondary N) is 1. The fourth-order valence-corrected chi connectivity index (χ4v) is 5.63. The topological polar surface area (TPSA) is 79.7 Å². The molecule has 2 heterocycles. The Bertz CT molecular complexity index is 1390. The van der Waals surface area contributed by atoms with E-state index in [4.69, 9.17) is 11.6 Å². The molecule has 1 atom stereocenters. The lowest BCUT2D eigenvalue weighted by molar-refractivity contribution is 0.155. The molecule has 2 aromatic heterocycles. The van der Waals surface area contributed by atoms with Crippen LogP contribution in [0.25, 0.3) is 10.9 Å². The summed E-state index contributed by atoms with van der Waals surface area (Å²) in [6.07, 6.45) is 6.69. The smallest absolute Gasteiger partial charge is 0.252 e. The first-order valence-corrected chi connectivity index (χ1v) is 13.3. The van der Waals surface area contributed by atoms with Gasteiger partial charge in [-0.05, 0) is 71.8 Å². The number of aryl methyl sites for hydroxylation is 1. The van der Waals surface area contributed by atoms with Crippen molar-refractivity contribution in [2.24, 2.45) is 0 Å². The van der Waals surface area contributed by atoms with Crippen LogP contribution in [0.4, 0.5) is 0 Å². The molecule has 4 aromatic rings. The summed E-state index contributed by atoms with van der Waals surface area (Å²) in [5, 5.41) is 14.8. The van der Waals surface area contributed by atoms with E-state index in [0.29, 0.717) is 24.2 Å². The van der Waals surface area contributed by atoms with Crippen molar-refractivity contribution in [2.45, 2.75) is 77.5 Å². The second-order valence-corrected chi connectivity index (χ2v) is 10.3. The molecule has 0 spiro atoms. The van der Waals surface area contributed by atoms with Gasteiger partial charge in [-0.25, -0.2) is 4.68 Å².